The third kappa shape index (κ3) is 3.39. The van der Waals surface area contributed by atoms with E-state index in [1.165, 1.54) is 0 Å². The van der Waals surface area contributed by atoms with Crippen LogP contribution >= 0.6 is 0 Å². The van der Waals surface area contributed by atoms with Crippen LogP contribution in [0.3, 0.4) is 0 Å². The SMILES string of the molecule is CN(Cc1cccc(-c2nn[nH]n2)c1)C(=O)C1(O)CCCCC1. The van der Waals surface area contributed by atoms with Crippen molar-refractivity contribution < 1.29 is 9.90 Å². The van der Waals surface area contributed by atoms with Gasteiger partial charge in [-0.2, -0.15) is 5.21 Å². The minimum atomic E-state index is -1.20. The zero-order valence-electron chi connectivity index (χ0n) is 13.2. The van der Waals surface area contributed by atoms with Crippen LogP contribution < -0.4 is 0 Å². The predicted molar refractivity (Wildman–Crippen MR) is 84.1 cm³/mol. The van der Waals surface area contributed by atoms with E-state index in [1.54, 1.807) is 11.9 Å². The summed E-state index contributed by atoms with van der Waals surface area (Å²) in [6, 6.07) is 7.66. The summed E-state index contributed by atoms with van der Waals surface area (Å²) in [6.45, 7) is 0.437. The molecule has 23 heavy (non-hydrogen) atoms. The number of nitrogens with one attached hydrogen (secondary N) is 1. The van der Waals surface area contributed by atoms with Crippen LogP contribution in [0.4, 0.5) is 0 Å². The Hall–Kier alpha value is -2.28. The fourth-order valence-electron chi connectivity index (χ4n) is 3.14. The minimum absolute atomic E-state index is 0.192. The van der Waals surface area contributed by atoms with E-state index in [-0.39, 0.29) is 5.91 Å². The standard InChI is InChI=1S/C16H21N5O2/c1-21(15(22)16(23)8-3-2-4-9-16)11-12-6-5-7-13(10-12)14-17-19-20-18-14/h5-7,10,23H,2-4,8-9,11H2,1H3,(H,17,18,19,20). The topological polar surface area (TPSA) is 95.0 Å². The first-order valence-electron chi connectivity index (χ1n) is 7.89. The van der Waals surface area contributed by atoms with Gasteiger partial charge in [-0.05, 0) is 29.7 Å². The van der Waals surface area contributed by atoms with Gasteiger partial charge in [-0.3, -0.25) is 4.79 Å². The van der Waals surface area contributed by atoms with Gasteiger partial charge in [-0.1, -0.05) is 37.5 Å². The maximum absolute atomic E-state index is 12.6. The Bertz CT molecular complexity index is 665. The minimum Gasteiger partial charge on any atom is -0.380 e. The molecular formula is C16H21N5O2. The summed E-state index contributed by atoms with van der Waals surface area (Å²) in [6.07, 6.45) is 4.01. The molecule has 0 spiro atoms. The highest BCUT2D eigenvalue weighted by atomic mass is 16.3. The van der Waals surface area contributed by atoms with E-state index in [9.17, 15) is 9.90 Å². The third-order valence-corrected chi connectivity index (χ3v) is 4.38. The van der Waals surface area contributed by atoms with E-state index >= 15 is 0 Å². The monoisotopic (exact) mass is 315 g/mol. The summed E-state index contributed by atoms with van der Waals surface area (Å²) < 4.78 is 0. The summed E-state index contributed by atoms with van der Waals surface area (Å²) in [5.41, 5.74) is 0.606. The number of hydrogen-bond donors (Lipinski definition) is 2. The van der Waals surface area contributed by atoms with E-state index in [2.05, 4.69) is 20.6 Å². The molecule has 7 heteroatoms. The number of nitrogens with zero attached hydrogens (tertiary/aromatic N) is 4. The predicted octanol–water partition coefficient (Wildman–Crippen LogP) is 1.52. The van der Waals surface area contributed by atoms with E-state index < -0.39 is 5.60 Å². The molecule has 0 saturated heterocycles. The molecular weight excluding hydrogens is 294 g/mol. The molecule has 1 saturated carbocycles. The lowest BCUT2D eigenvalue weighted by molar-refractivity contribution is -0.153. The van der Waals surface area contributed by atoms with Crippen LogP contribution in [0.15, 0.2) is 24.3 Å². The number of aromatic amines is 1. The van der Waals surface area contributed by atoms with E-state index in [0.717, 1.165) is 30.4 Å². The van der Waals surface area contributed by atoms with Crippen molar-refractivity contribution in [3.63, 3.8) is 0 Å². The lowest BCUT2D eigenvalue weighted by Gasteiger charge is -2.34. The first-order chi connectivity index (χ1) is 11.1. The number of likely N-dealkylation sites (N-methyl/N-ethyl adjacent to an activating group) is 1. The van der Waals surface area contributed by atoms with Crippen molar-refractivity contribution in [2.75, 3.05) is 7.05 Å². The fourth-order valence-corrected chi connectivity index (χ4v) is 3.14. The molecule has 122 valence electrons. The Balaban J connectivity index is 1.71. The average molecular weight is 315 g/mol. The van der Waals surface area contributed by atoms with Gasteiger partial charge in [-0.15, -0.1) is 10.2 Å². The second kappa shape index (κ2) is 6.45. The van der Waals surface area contributed by atoms with Crippen LogP contribution in [-0.2, 0) is 11.3 Å². The highest BCUT2D eigenvalue weighted by Crippen LogP contribution is 2.30. The average Bonchev–Trinajstić information content (AvgIpc) is 3.09. The van der Waals surface area contributed by atoms with Crippen LogP contribution in [0.5, 0.6) is 0 Å². The number of benzene rings is 1. The summed E-state index contributed by atoms with van der Waals surface area (Å²) in [5.74, 6) is 0.328. The molecule has 2 aromatic rings. The van der Waals surface area contributed by atoms with Gasteiger partial charge < -0.3 is 10.0 Å². The molecule has 0 bridgehead atoms. The second-order valence-electron chi connectivity index (χ2n) is 6.19. The van der Waals surface area contributed by atoms with E-state index in [1.807, 2.05) is 24.3 Å². The first kappa shape index (κ1) is 15.6. The van der Waals surface area contributed by atoms with Crippen LogP contribution in [-0.4, -0.2) is 49.2 Å². The zero-order chi connectivity index (χ0) is 16.3. The number of tetrazole rings is 1. The Morgan fingerprint density at radius 3 is 2.83 bits per heavy atom. The van der Waals surface area contributed by atoms with Crippen molar-refractivity contribution in [3.05, 3.63) is 29.8 Å². The number of aromatic nitrogens is 4. The normalized spacial score (nSPS) is 17.0. The third-order valence-electron chi connectivity index (χ3n) is 4.38. The second-order valence-corrected chi connectivity index (χ2v) is 6.19. The summed E-state index contributed by atoms with van der Waals surface area (Å²) >= 11 is 0. The van der Waals surface area contributed by atoms with Gasteiger partial charge in [0.15, 0.2) is 0 Å². The number of carbonyl (C=O) groups is 1. The lowest BCUT2D eigenvalue weighted by atomic mass is 9.84. The van der Waals surface area contributed by atoms with Gasteiger partial charge in [0.05, 0.1) is 0 Å². The molecule has 1 aromatic heterocycles. The largest absolute Gasteiger partial charge is 0.380 e. The fraction of sp³-hybridized carbons (Fsp3) is 0.500. The molecule has 0 radical (unpaired) electrons. The van der Waals surface area contributed by atoms with Crippen LogP contribution in [0, 0.1) is 0 Å². The first-order valence-corrected chi connectivity index (χ1v) is 7.89. The van der Waals surface area contributed by atoms with Gasteiger partial charge in [0.1, 0.15) is 5.60 Å². The maximum atomic E-state index is 12.6. The number of hydrogen-bond acceptors (Lipinski definition) is 5. The van der Waals surface area contributed by atoms with Crippen LogP contribution in [0.1, 0.15) is 37.7 Å². The van der Waals surface area contributed by atoms with Crippen LogP contribution in [0.25, 0.3) is 11.4 Å². The summed E-state index contributed by atoms with van der Waals surface area (Å²) in [5, 5.41) is 24.5. The molecule has 1 aliphatic carbocycles. The molecule has 7 nitrogen and oxygen atoms in total. The molecule has 0 aliphatic heterocycles. The molecule has 1 amide bonds. The molecule has 0 unspecified atom stereocenters. The highest BCUT2D eigenvalue weighted by Gasteiger charge is 2.38. The number of H-pyrrole nitrogens is 1. The highest BCUT2D eigenvalue weighted by molar-refractivity contribution is 5.84. The molecule has 2 N–H and O–H groups in total. The maximum Gasteiger partial charge on any atom is 0.254 e. The van der Waals surface area contributed by atoms with Gasteiger partial charge in [0, 0.05) is 19.2 Å². The van der Waals surface area contributed by atoms with Gasteiger partial charge in [0.25, 0.3) is 5.91 Å². The summed E-state index contributed by atoms with van der Waals surface area (Å²) in [7, 11) is 1.73. The molecule has 1 aromatic carbocycles. The lowest BCUT2D eigenvalue weighted by Crippen LogP contribution is -2.48. The molecule has 1 aliphatic rings. The summed E-state index contributed by atoms with van der Waals surface area (Å²) in [4.78, 5) is 14.2. The Kier molecular flexibility index (Phi) is 4.38. The number of rotatable bonds is 4. The van der Waals surface area contributed by atoms with Crippen molar-refractivity contribution in [2.24, 2.45) is 0 Å². The van der Waals surface area contributed by atoms with Gasteiger partial charge in [0.2, 0.25) is 5.82 Å². The molecule has 1 heterocycles. The number of aliphatic hydroxyl groups is 1. The van der Waals surface area contributed by atoms with Crippen molar-refractivity contribution in [3.8, 4) is 11.4 Å². The van der Waals surface area contributed by atoms with Gasteiger partial charge >= 0.3 is 0 Å². The van der Waals surface area contributed by atoms with Gasteiger partial charge in [-0.25, -0.2) is 0 Å². The molecule has 3 rings (SSSR count). The smallest absolute Gasteiger partial charge is 0.254 e. The van der Waals surface area contributed by atoms with Crippen LogP contribution in [0.2, 0.25) is 0 Å². The Morgan fingerprint density at radius 2 is 2.13 bits per heavy atom. The van der Waals surface area contributed by atoms with Crippen molar-refractivity contribution in [1.82, 2.24) is 25.5 Å². The molecule has 1 fully saturated rings. The number of carbonyl (C=O) groups excluding carboxylic acids is 1. The Labute approximate surface area is 134 Å². The van der Waals surface area contributed by atoms with E-state index in [0.29, 0.717) is 25.2 Å². The van der Waals surface area contributed by atoms with Crippen molar-refractivity contribution in [1.29, 1.82) is 0 Å². The van der Waals surface area contributed by atoms with E-state index in [4.69, 9.17) is 0 Å². The number of amides is 1. The quantitative estimate of drug-likeness (QED) is 0.892. The van der Waals surface area contributed by atoms with Crippen molar-refractivity contribution in [2.45, 2.75) is 44.2 Å². The van der Waals surface area contributed by atoms with Crippen molar-refractivity contribution >= 4 is 5.91 Å². The zero-order valence-corrected chi connectivity index (χ0v) is 13.2. The molecule has 0 atom stereocenters. The Morgan fingerprint density at radius 1 is 1.35 bits per heavy atom.